The zero-order valence-corrected chi connectivity index (χ0v) is 53.3. The highest BCUT2D eigenvalue weighted by molar-refractivity contribution is 5.71. The largest absolute Gasteiger partial charge is 0.477 e. The Morgan fingerprint density at radius 3 is 1.03 bits per heavy atom. The summed E-state index contributed by atoms with van der Waals surface area (Å²) in [4.78, 5) is 37.5. The fourth-order valence-corrected chi connectivity index (χ4v) is 10.4. The molecule has 79 heavy (non-hydrogen) atoms. The Balaban J connectivity index is 3.94. The van der Waals surface area contributed by atoms with Crippen LogP contribution >= 0.6 is 0 Å². The number of nitrogens with zero attached hydrogens (tertiary/aromatic N) is 1. The quantitative estimate of drug-likeness (QED) is 0.0211. The maximum absolute atomic E-state index is 12.9. The van der Waals surface area contributed by atoms with E-state index in [1.807, 2.05) is 21.1 Å². The third-order valence-electron chi connectivity index (χ3n) is 15.7. The van der Waals surface area contributed by atoms with Gasteiger partial charge < -0.3 is 28.5 Å². The van der Waals surface area contributed by atoms with Gasteiger partial charge in [-0.3, -0.25) is 9.59 Å². The van der Waals surface area contributed by atoms with Gasteiger partial charge in [0.25, 0.3) is 6.29 Å². The van der Waals surface area contributed by atoms with Crippen molar-refractivity contribution in [3.05, 3.63) is 24.3 Å². The number of aliphatic carboxylic acids is 1. The van der Waals surface area contributed by atoms with Crippen molar-refractivity contribution in [1.82, 2.24) is 0 Å². The second kappa shape index (κ2) is 61.8. The number of ether oxygens (including phenoxy) is 4. The standard InChI is InChI=1S/C70H133NO8/c1-6-8-10-12-14-16-18-20-22-24-25-26-27-28-29-30-31-32-33-34-35-36-37-38-39-40-41-42-43-45-46-48-50-52-54-56-58-60-67(72)77-64-66(65-78-70(69(74)75)76-63-62-71(3,4)5)79-68(73)61-59-57-55-53-51-49-47-44-23-21-19-17-15-13-11-9-7-2/h15,17,21,23,66,70H,6-14,16,18-20,22,24-65H2,1-5H3/p+1/b17-15-,23-21-. The fourth-order valence-electron chi connectivity index (χ4n) is 10.4. The van der Waals surface area contributed by atoms with E-state index in [4.69, 9.17) is 18.9 Å². The molecule has 0 aliphatic carbocycles. The molecule has 1 N–H and O–H groups in total. The van der Waals surface area contributed by atoms with Gasteiger partial charge in [0, 0.05) is 12.8 Å². The molecule has 0 heterocycles. The summed E-state index contributed by atoms with van der Waals surface area (Å²) in [5.74, 6) is -1.99. The van der Waals surface area contributed by atoms with Crippen molar-refractivity contribution in [3.63, 3.8) is 0 Å². The third-order valence-corrected chi connectivity index (χ3v) is 15.7. The number of quaternary nitrogens is 1. The van der Waals surface area contributed by atoms with E-state index in [2.05, 4.69) is 38.2 Å². The maximum Gasteiger partial charge on any atom is 0.361 e. The van der Waals surface area contributed by atoms with Crippen molar-refractivity contribution >= 4 is 17.9 Å². The van der Waals surface area contributed by atoms with Crippen LogP contribution in [0.5, 0.6) is 0 Å². The molecular formula is C70H134NO8+. The molecule has 466 valence electrons. The average molecular weight is 1120 g/mol. The number of carbonyl (C=O) groups excluding carboxylic acids is 2. The van der Waals surface area contributed by atoms with Crippen molar-refractivity contribution < 1.29 is 42.9 Å². The summed E-state index contributed by atoms with van der Waals surface area (Å²) in [7, 11) is 5.98. The summed E-state index contributed by atoms with van der Waals surface area (Å²) in [6.45, 7) is 4.90. The van der Waals surface area contributed by atoms with Crippen LogP contribution in [-0.2, 0) is 33.3 Å². The Kier molecular flexibility index (Phi) is 60.1. The van der Waals surface area contributed by atoms with Gasteiger partial charge in [0.2, 0.25) is 0 Å². The molecule has 2 unspecified atom stereocenters. The van der Waals surface area contributed by atoms with Crippen molar-refractivity contribution in [1.29, 1.82) is 0 Å². The van der Waals surface area contributed by atoms with E-state index < -0.39 is 24.3 Å². The van der Waals surface area contributed by atoms with Gasteiger partial charge in [-0.25, -0.2) is 4.79 Å². The zero-order chi connectivity index (χ0) is 57.6. The van der Waals surface area contributed by atoms with Crippen LogP contribution in [0.1, 0.15) is 348 Å². The molecule has 0 fully saturated rings. The van der Waals surface area contributed by atoms with Gasteiger partial charge in [-0.1, -0.05) is 314 Å². The summed E-state index contributed by atoms with van der Waals surface area (Å²) < 4.78 is 22.9. The van der Waals surface area contributed by atoms with Crippen molar-refractivity contribution in [2.45, 2.75) is 360 Å². The number of hydrogen-bond acceptors (Lipinski definition) is 7. The van der Waals surface area contributed by atoms with Gasteiger partial charge >= 0.3 is 17.9 Å². The lowest BCUT2D eigenvalue weighted by atomic mass is 10.0. The zero-order valence-electron chi connectivity index (χ0n) is 53.3. The van der Waals surface area contributed by atoms with Crippen LogP contribution in [0.25, 0.3) is 0 Å². The van der Waals surface area contributed by atoms with E-state index in [1.54, 1.807) is 0 Å². The van der Waals surface area contributed by atoms with Crippen molar-refractivity contribution in [3.8, 4) is 0 Å². The predicted octanol–water partition coefficient (Wildman–Crippen LogP) is 21.0. The van der Waals surface area contributed by atoms with Gasteiger partial charge in [-0.15, -0.1) is 0 Å². The second-order valence-electron chi connectivity index (χ2n) is 24.8. The number of unbranched alkanes of at least 4 members (excludes halogenated alkanes) is 46. The van der Waals surface area contributed by atoms with Gasteiger partial charge in [-0.05, 0) is 44.9 Å². The minimum atomic E-state index is -1.51. The minimum absolute atomic E-state index is 0.180. The van der Waals surface area contributed by atoms with E-state index in [1.165, 1.54) is 263 Å². The van der Waals surface area contributed by atoms with Gasteiger partial charge in [-0.2, -0.15) is 0 Å². The predicted molar refractivity (Wildman–Crippen MR) is 337 cm³/mol. The van der Waals surface area contributed by atoms with Crippen LogP contribution in [0.15, 0.2) is 24.3 Å². The second-order valence-corrected chi connectivity index (χ2v) is 24.8. The first-order chi connectivity index (χ1) is 38.6. The average Bonchev–Trinajstić information content (AvgIpc) is 3.42. The number of allylic oxidation sites excluding steroid dienone is 4. The molecule has 0 radical (unpaired) electrons. The summed E-state index contributed by atoms with van der Waals surface area (Å²) in [6, 6.07) is 0. The number of rotatable bonds is 65. The highest BCUT2D eigenvalue weighted by atomic mass is 16.7. The van der Waals surface area contributed by atoms with Gasteiger partial charge in [0.1, 0.15) is 13.2 Å². The normalized spacial score (nSPS) is 12.8. The van der Waals surface area contributed by atoms with E-state index in [0.717, 1.165) is 51.4 Å². The maximum atomic E-state index is 12.9. The molecule has 0 aromatic rings. The molecule has 9 nitrogen and oxygen atoms in total. The molecule has 9 heteroatoms. The SMILES string of the molecule is CCCCC/C=C\C/C=C\CCCCCCCCCC(=O)OC(COC(=O)CCCCCCCCCCCCCCCCCCCCCCCCCCCCCCCCCCCCCCC)COC(OCC[N+](C)(C)C)C(=O)O. The summed E-state index contributed by atoms with van der Waals surface area (Å²) in [6.07, 6.45) is 73.1. The molecule has 0 aromatic carbocycles. The van der Waals surface area contributed by atoms with Crippen LogP contribution < -0.4 is 0 Å². The molecule has 0 aliphatic heterocycles. The van der Waals surface area contributed by atoms with Crippen LogP contribution in [0.2, 0.25) is 0 Å². The third kappa shape index (κ3) is 63.2. The Labute approximate surface area is 490 Å². The highest BCUT2D eigenvalue weighted by Gasteiger charge is 2.25. The topological polar surface area (TPSA) is 108 Å². The van der Waals surface area contributed by atoms with Crippen molar-refractivity contribution in [2.75, 3.05) is 47.5 Å². The number of carboxylic acids is 1. The first kappa shape index (κ1) is 76.8. The first-order valence-corrected chi connectivity index (χ1v) is 34.5. The van der Waals surface area contributed by atoms with Crippen molar-refractivity contribution in [2.24, 2.45) is 0 Å². The fraction of sp³-hybridized carbons (Fsp3) is 0.900. The molecule has 0 aromatic heterocycles. The Morgan fingerprint density at radius 1 is 0.380 bits per heavy atom. The number of hydrogen-bond donors (Lipinski definition) is 1. The number of carbonyl (C=O) groups is 3. The van der Waals surface area contributed by atoms with Crippen LogP contribution in [-0.4, -0.2) is 87.4 Å². The molecule has 0 saturated carbocycles. The van der Waals surface area contributed by atoms with E-state index in [0.29, 0.717) is 23.9 Å². The van der Waals surface area contributed by atoms with E-state index in [-0.39, 0.29) is 32.2 Å². The highest BCUT2D eigenvalue weighted by Crippen LogP contribution is 2.19. The van der Waals surface area contributed by atoms with Gasteiger partial charge in [0.05, 0.1) is 34.4 Å². The lowest BCUT2D eigenvalue weighted by Crippen LogP contribution is -2.40. The van der Waals surface area contributed by atoms with Crippen LogP contribution in [0, 0.1) is 0 Å². The molecule has 0 spiro atoms. The lowest BCUT2D eigenvalue weighted by molar-refractivity contribution is -0.870. The molecule has 0 aliphatic rings. The molecule has 2 atom stereocenters. The summed E-state index contributed by atoms with van der Waals surface area (Å²) in [5.41, 5.74) is 0. The molecule has 0 amide bonds. The minimum Gasteiger partial charge on any atom is -0.477 e. The van der Waals surface area contributed by atoms with E-state index >= 15 is 0 Å². The monoisotopic (exact) mass is 1120 g/mol. The lowest BCUT2D eigenvalue weighted by Gasteiger charge is -2.25. The molecule has 0 bridgehead atoms. The molecule has 0 saturated heterocycles. The summed E-state index contributed by atoms with van der Waals surface area (Å²) in [5, 5.41) is 9.72. The van der Waals surface area contributed by atoms with Gasteiger partial charge in [0.15, 0.2) is 6.10 Å². The first-order valence-electron chi connectivity index (χ1n) is 34.5. The Morgan fingerprint density at radius 2 is 0.684 bits per heavy atom. The summed E-state index contributed by atoms with van der Waals surface area (Å²) >= 11 is 0. The number of esters is 2. The van der Waals surface area contributed by atoms with Crippen LogP contribution in [0.4, 0.5) is 0 Å². The smallest absolute Gasteiger partial charge is 0.361 e. The number of carboxylic acid groups (broad SMARTS) is 1. The van der Waals surface area contributed by atoms with Crippen LogP contribution in [0.3, 0.4) is 0 Å². The number of likely N-dealkylation sites (N-methyl/N-ethyl adjacent to an activating group) is 1. The Bertz CT molecular complexity index is 1340. The molecular weight excluding hydrogens is 983 g/mol. The molecule has 0 rings (SSSR count). The van der Waals surface area contributed by atoms with E-state index in [9.17, 15) is 19.5 Å². The Hall–Kier alpha value is -2.23.